The minimum Gasteiger partial charge on any atom is -0.384 e. The number of hydrogen-bond acceptors (Lipinski definition) is 3. The molecular formula is C16H16N4. The van der Waals surface area contributed by atoms with E-state index in [2.05, 4.69) is 39.7 Å². The number of pyridine rings is 1. The average Bonchev–Trinajstić information content (AvgIpc) is 2.97. The molecule has 0 bridgehead atoms. The Bertz CT molecular complexity index is 713. The topological polar surface area (TPSA) is 56.7 Å². The van der Waals surface area contributed by atoms with Gasteiger partial charge >= 0.3 is 0 Å². The molecule has 2 aromatic heterocycles. The lowest BCUT2D eigenvalue weighted by molar-refractivity contribution is 1.01. The number of benzene rings is 1. The maximum atomic E-state index is 5.64. The zero-order valence-corrected chi connectivity index (χ0v) is 11.3. The molecule has 0 amide bonds. The van der Waals surface area contributed by atoms with E-state index >= 15 is 0 Å². The third kappa shape index (κ3) is 2.16. The Balaban J connectivity index is 2.13. The zero-order chi connectivity index (χ0) is 13.9. The van der Waals surface area contributed by atoms with Crippen LogP contribution in [0.15, 0.2) is 55.1 Å². The average molecular weight is 264 g/mol. The molecular weight excluding hydrogens is 248 g/mol. The second-order valence-electron chi connectivity index (χ2n) is 4.60. The third-order valence-corrected chi connectivity index (χ3v) is 3.35. The van der Waals surface area contributed by atoms with Gasteiger partial charge in [0.1, 0.15) is 5.82 Å². The second kappa shape index (κ2) is 5.17. The lowest BCUT2D eigenvalue weighted by Gasteiger charge is -2.12. The molecule has 0 unspecified atom stereocenters. The van der Waals surface area contributed by atoms with Crippen LogP contribution in [0.2, 0.25) is 0 Å². The number of rotatable bonds is 3. The standard InChI is InChI=1S/C16H16N4/c1-2-12-5-3-4-6-14(12)20-11-18-10-15(20)13-7-8-16(17)19-9-13/h3-11H,2H2,1H3,(H2,17,19). The van der Waals surface area contributed by atoms with Crippen LogP contribution in [0.3, 0.4) is 0 Å². The minimum atomic E-state index is 0.522. The number of imidazole rings is 1. The fraction of sp³-hybridized carbons (Fsp3) is 0.125. The predicted octanol–water partition coefficient (Wildman–Crippen LogP) is 3.08. The normalized spacial score (nSPS) is 10.7. The summed E-state index contributed by atoms with van der Waals surface area (Å²) in [6.45, 7) is 2.15. The number of aromatic nitrogens is 3. The Kier molecular flexibility index (Phi) is 3.21. The molecule has 1 aromatic carbocycles. The third-order valence-electron chi connectivity index (χ3n) is 3.35. The minimum absolute atomic E-state index is 0.522. The van der Waals surface area contributed by atoms with Gasteiger partial charge in [0.15, 0.2) is 0 Å². The van der Waals surface area contributed by atoms with Gasteiger partial charge in [0.2, 0.25) is 0 Å². The summed E-state index contributed by atoms with van der Waals surface area (Å²) in [4.78, 5) is 8.43. The molecule has 20 heavy (non-hydrogen) atoms. The van der Waals surface area contributed by atoms with Crippen molar-refractivity contribution in [3.63, 3.8) is 0 Å². The number of nitrogen functional groups attached to an aromatic ring is 1. The Morgan fingerprint density at radius 3 is 2.70 bits per heavy atom. The second-order valence-corrected chi connectivity index (χ2v) is 4.60. The molecule has 0 spiro atoms. The van der Waals surface area contributed by atoms with Gasteiger partial charge in [0, 0.05) is 11.8 Å². The van der Waals surface area contributed by atoms with E-state index in [9.17, 15) is 0 Å². The van der Waals surface area contributed by atoms with Gasteiger partial charge in [-0.2, -0.15) is 0 Å². The number of hydrogen-bond donors (Lipinski definition) is 1. The first-order valence-electron chi connectivity index (χ1n) is 6.62. The maximum Gasteiger partial charge on any atom is 0.123 e. The first-order valence-corrected chi connectivity index (χ1v) is 6.62. The largest absolute Gasteiger partial charge is 0.384 e. The van der Waals surface area contributed by atoms with Crippen molar-refractivity contribution >= 4 is 5.82 Å². The van der Waals surface area contributed by atoms with E-state index in [1.807, 2.05) is 24.7 Å². The highest BCUT2D eigenvalue weighted by molar-refractivity contribution is 5.62. The summed E-state index contributed by atoms with van der Waals surface area (Å²) in [5, 5.41) is 0. The molecule has 2 heterocycles. The van der Waals surface area contributed by atoms with Crippen molar-refractivity contribution in [2.45, 2.75) is 13.3 Å². The highest BCUT2D eigenvalue weighted by Gasteiger charge is 2.09. The summed E-state index contributed by atoms with van der Waals surface area (Å²) in [5.41, 5.74) is 10.1. The molecule has 0 aliphatic carbocycles. The summed E-state index contributed by atoms with van der Waals surface area (Å²) >= 11 is 0. The number of aryl methyl sites for hydroxylation is 1. The Morgan fingerprint density at radius 2 is 1.95 bits per heavy atom. The fourth-order valence-corrected chi connectivity index (χ4v) is 2.30. The van der Waals surface area contributed by atoms with E-state index in [-0.39, 0.29) is 0 Å². The molecule has 100 valence electrons. The van der Waals surface area contributed by atoms with Gasteiger partial charge in [0.25, 0.3) is 0 Å². The fourth-order valence-electron chi connectivity index (χ4n) is 2.30. The predicted molar refractivity (Wildman–Crippen MR) is 80.6 cm³/mol. The molecule has 4 heteroatoms. The van der Waals surface area contributed by atoms with E-state index in [4.69, 9.17) is 5.73 Å². The van der Waals surface area contributed by atoms with Gasteiger partial charge in [-0.05, 0) is 30.2 Å². The van der Waals surface area contributed by atoms with E-state index in [1.54, 1.807) is 12.3 Å². The van der Waals surface area contributed by atoms with Crippen LogP contribution in [0.25, 0.3) is 16.9 Å². The van der Waals surface area contributed by atoms with Crippen LogP contribution in [0.5, 0.6) is 0 Å². The van der Waals surface area contributed by atoms with Crippen molar-refractivity contribution in [1.29, 1.82) is 0 Å². The van der Waals surface area contributed by atoms with Crippen molar-refractivity contribution in [2.75, 3.05) is 5.73 Å². The van der Waals surface area contributed by atoms with Gasteiger partial charge in [0.05, 0.1) is 23.9 Å². The van der Waals surface area contributed by atoms with Crippen LogP contribution in [0.1, 0.15) is 12.5 Å². The molecule has 0 saturated carbocycles. The van der Waals surface area contributed by atoms with E-state index in [0.717, 1.165) is 23.4 Å². The van der Waals surface area contributed by atoms with E-state index in [1.165, 1.54) is 5.56 Å². The van der Waals surface area contributed by atoms with Crippen molar-refractivity contribution in [3.05, 3.63) is 60.7 Å². The maximum absolute atomic E-state index is 5.64. The number of anilines is 1. The van der Waals surface area contributed by atoms with Crippen LogP contribution in [0, 0.1) is 0 Å². The lowest BCUT2D eigenvalue weighted by Crippen LogP contribution is -2.00. The van der Waals surface area contributed by atoms with Crippen molar-refractivity contribution < 1.29 is 0 Å². The smallest absolute Gasteiger partial charge is 0.123 e. The molecule has 0 radical (unpaired) electrons. The number of para-hydroxylation sites is 1. The Hall–Kier alpha value is -2.62. The van der Waals surface area contributed by atoms with E-state index in [0.29, 0.717) is 5.82 Å². The van der Waals surface area contributed by atoms with Gasteiger partial charge in [-0.25, -0.2) is 9.97 Å². The van der Waals surface area contributed by atoms with Gasteiger partial charge in [-0.3, -0.25) is 4.57 Å². The molecule has 2 N–H and O–H groups in total. The first-order chi connectivity index (χ1) is 9.79. The van der Waals surface area contributed by atoms with Gasteiger partial charge in [-0.1, -0.05) is 25.1 Å². The summed E-state index contributed by atoms with van der Waals surface area (Å²) < 4.78 is 2.09. The molecule has 0 aliphatic heterocycles. The zero-order valence-electron chi connectivity index (χ0n) is 11.3. The Morgan fingerprint density at radius 1 is 1.10 bits per heavy atom. The molecule has 0 atom stereocenters. The molecule has 3 aromatic rings. The summed E-state index contributed by atoms with van der Waals surface area (Å²) in [6.07, 6.45) is 6.44. The van der Waals surface area contributed by atoms with Crippen LogP contribution < -0.4 is 5.73 Å². The van der Waals surface area contributed by atoms with Crippen molar-refractivity contribution in [3.8, 4) is 16.9 Å². The molecule has 0 saturated heterocycles. The monoisotopic (exact) mass is 264 g/mol. The van der Waals surface area contributed by atoms with Crippen molar-refractivity contribution in [2.24, 2.45) is 0 Å². The summed E-state index contributed by atoms with van der Waals surface area (Å²) in [5.74, 6) is 0.522. The number of nitrogens with two attached hydrogens (primary N) is 1. The highest BCUT2D eigenvalue weighted by atomic mass is 15.1. The van der Waals surface area contributed by atoms with Crippen molar-refractivity contribution in [1.82, 2.24) is 14.5 Å². The Labute approximate surface area is 117 Å². The van der Waals surface area contributed by atoms with Gasteiger partial charge < -0.3 is 5.73 Å². The molecule has 0 fully saturated rings. The summed E-state index contributed by atoms with van der Waals surface area (Å²) in [7, 11) is 0. The SMILES string of the molecule is CCc1ccccc1-n1cncc1-c1ccc(N)nc1. The van der Waals surface area contributed by atoms with Gasteiger partial charge in [-0.15, -0.1) is 0 Å². The summed E-state index contributed by atoms with van der Waals surface area (Å²) in [6, 6.07) is 12.1. The molecule has 4 nitrogen and oxygen atoms in total. The lowest BCUT2D eigenvalue weighted by atomic mass is 10.1. The first kappa shape index (κ1) is 12.4. The quantitative estimate of drug-likeness (QED) is 0.791. The van der Waals surface area contributed by atoms with Crippen LogP contribution >= 0.6 is 0 Å². The number of nitrogens with zero attached hydrogens (tertiary/aromatic N) is 3. The molecule has 3 rings (SSSR count). The van der Waals surface area contributed by atoms with Crippen LogP contribution in [0.4, 0.5) is 5.82 Å². The highest BCUT2D eigenvalue weighted by Crippen LogP contribution is 2.24. The molecule has 0 aliphatic rings. The van der Waals surface area contributed by atoms with E-state index < -0.39 is 0 Å². The van der Waals surface area contributed by atoms with Crippen LogP contribution in [-0.4, -0.2) is 14.5 Å². The van der Waals surface area contributed by atoms with Crippen LogP contribution in [-0.2, 0) is 6.42 Å².